The van der Waals surface area contributed by atoms with E-state index in [-0.39, 0.29) is 12.0 Å². The molecule has 0 radical (unpaired) electrons. The number of carbonyl (C=O) groups is 1. The summed E-state index contributed by atoms with van der Waals surface area (Å²) in [6, 6.07) is 4.56. The molecule has 6 heteroatoms. The summed E-state index contributed by atoms with van der Waals surface area (Å²) in [4.78, 5) is 10.8. The third-order valence-corrected chi connectivity index (χ3v) is 3.51. The summed E-state index contributed by atoms with van der Waals surface area (Å²) in [6.07, 6.45) is -2.17. The van der Waals surface area contributed by atoms with Gasteiger partial charge in [0.25, 0.3) is 0 Å². The zero-order valence-electron chi connectivity index (χ0n) is 10.7. The largest absolute Gasteiger partial charge is 0.490 e. The highest BCUT2D eigenvalue weighted by Gasteiger charge is 2.30. The van der Waals surface area contributed by atoms with E-state index in [1.807, 2.05) is 0 Å². The molecule has 0 bridgehead atoms. The summed E-state index contributed by atoms with van der Waals surface area (Å²) >= 11 is 0. The molecule has 1 aromatic rings. The summed E-state index contributed by atoms with van der Waals surface area (Å²) < 4.78 is 42.8. The Labute approximate surface area is 114 Å². The van der Waals surface area contributed by atoms with Crippen molar-refractivity contribution in [2.24, 2.45) is 5.92 Å². The Hall–Kier alpha value is -1.72. The number of rotatable bonds is 3. The maximum atomic E-state index is 12.4. The molecule has 1 aliphatic carbocycles. The van der Waals surface area contributed by atoms with Gasteiger partial charge in [-0.15, -0.1) is 0 Å². The zero-order chi connectivity index (χ0) is 14.8. The lowest BCUT2D eigenvalue weighted by Crippen LogP contribution is -2.27. The van der Waals surface area contributed by atoms with Crippen LogP contribution in [0.1, 0.15) is 31.2 Å². The van der Waals surface area contributed by atoms with Crippen molar-refractivity contribution in [3.63, 3.8) is 0 Å². The smallest absolute Gasteiger partial charge is 0.416 e. The fourth-order valence-electron chi connectivity index (χ4n) is 2.34. The van der Waals surface area contributed by atoms with Crippen molar-refractivity contribution in [2.75, 3.05) is 0 Å². The first-order valence-electron chi connectivity index (χ1n) is 6.43. The van der Waals surface area contributed by atoms with Crippen LogP contribution in [-0.2, 0) is 11.0 Å². The van der Waals surface area contributed by atoms with E-state index >= 15 is 0 Å². The van der Waals surface area contributed by atoms with Crippen molar-refractivity contribution in [2.45, 2.75) is 38.0 Å². The van der Waals surface area contributed by atoms with Gasteiger partial charge in [-0.2, -0.15) is 13.2 Å². The number of carboxylic acids is 1. The fourth-order valence-corrected chi connectivity index (χ4v) is 2.34. The van der Waals surface area contributed by atoms with Gasteiger partial charge < -0.3 is 9.84 Å². The minimum absolute atomic E-state index is 0.123. The van der Waals surface area contributed by atoms with Crippen molar-refractivity contribution in [1.29, 1.82) is 0 Å². The van der Waals surface area contributed by atoms with Crippen LogP contribution >= 0.6 is 0 Å². The molecule has 1 aromatic carbocycles. The molecule has 3 nitrogen and oxygen atoms in total. The molecule has 1 N–H and O–H groups in total. The van der Waals surface area contributed by atoms with Crippen LogP contribution in [0, 0.1) is 5.92 Å². The fraction of sp³-hybridized carbons (Fsp3) is 0.500. The first-order chi connectivity index (χ1) is 9.36. The average Bonchev–Trinajstić information content (AvgIpc) is 2.39. The molecule has 110 valence electrons. The van der Waals surface area contributed by atoms with Gasteiger partial charge in [0.1, 0.15) is 5.75 Å². The molecule has 0 aliphatic heterocycles. The van der Waals surface area contributed by atoms with E-state index in [0.29, 0.717) is 31.4 Å². The van der Waals surface area contributed by atoms with E-state index in [0.717, 1.165) is 12.1 Å². The van der Waals surface area contributed by atoms with E-state index < -0.39 is 17.7 Å². The molecule has 1 fully saturated rings. The number of carboxylic acid groups (broad SMARTS) is 1. The molecule has 0 heterocycles. The predicted octanol–water partition coefficient (Wildman–Crippen LogP) is 3.73. The number of halogens is 3. The summed E-state index contributed by atoms with van der Waals surface area (Å²) in [6.45, 7) is 0. The van der Waals surface area contributed by atoms with E-state index in [2.05, 4.69) is 0 Å². The molecule has 0 saturated heterocycles. The maximum absolute atomic E-state index is 12.4. The Bertz CT molecular complexity index is 460. The molecule has 0 amide bonds. The van der Waals surface area contributed by atoms with Gasteiger partial charge in [0, 0.05) is 0 Å². The minimum Gasteiger partial charge on any atom is -0.490 e. The molecule has 0 aromatic heterocycles. The van der Waals surface area contributed by atoms with Gasteiger partial charge in [-0.3, -0.25) is 4.79 Å². The standard InChI is InChI=1S/C14H15F3O3/c15-14(16,17)10-3-7-12(8-4-10)20-11-5-1-9(2-6-11)13(18)19/h3-4,7-9,11H,1-2,5-6H2,(H,18,19)/t9-,11-. The Kier molecular flexibility index (Phi) is 4.20. The maximum Gasteiger partial charge on any atom is 0.416 e. The molecule has 1 aliphatic rings. The normalized spacial score (nSPS) is 23.4. The third-order valence-electron chi connectivity index (χ3n) is 3.51. The highest BCUT2D eigenvalue weighted by molar-refractivity contribution is 5.70. The number of hydrogen-bond donors (Lipinski definition) is 1. The molecule has 20 heavy (non-hydrogen) atoms. The zero-order valence-corrected chi connectivity index (χ0v) is 10.7. The van der Waals surface area contributed by atoms with Gasteiger partial charge in [-0.25, -0.2) is 0 Å². The summed E-state index contributed by atoms with van der Waals surface area (Å²) in [7, 11) is 0. The van der Waals surface area contributed by atoms with E-state index in [9.17, 15) is 18.0 Å². The first-order valence-corrected chi connectivity index (χ1v) is 6.43. The number of aliphatic carboxylic acids is 1. The lowest BCUT2D eigenvalue weighted by Gasteiger charge is -2.26. The van der Waals surface area contributed by atoms with Crippen LogP contribution in [0.2, 0.25) is 0 Å². The van der Waals surface area contributed by atoms with Crippen LogP contribution in [0.5, 0.6) is 5.75 Å². The van der Waals surface area contributed by atoms with Gasteiger partial charge in [0.2, 0.25) is 0 Å². The highest BCUT2D eigenvalue weighted by Crippen LogP contribution is 2.32. The molecular formula is C14H15F3O3. The van der Waals surface area contributed by atoms with Crippen LogP contribution in [0.4, 0.5) is 13.2 Å². The number of benzene rings is 1. The summed E-state index contributed by atoms with van der Waals surface area (Å²) in [5, 5.41) is 8.87. The van der Waals surface area contributed by atoms with Gasteiger partial charge in [0.15, 0.2) is 0 Å². The predicted molar refractivity (Wildman–Crippen MR) is 65.5 cm³/mol. The average molecular weight is 288 g/mol. The second-order valence-electron chi connectivity index (χ2n) is 4.95. The van der Waals surface area contributed by atoms with Crippen LogP contribution in [0.25, 0.3) is 0 Å². The Morgan fingerprint density at radius 2 is 1.65 bits per heavy atom. The Morgan fingerprint density at radius 1 is 1.10 bits per heavy atom. The lowest BCUT2D eigenvalue weighted by atomic mass is 9.87. The molecule has 2 rings (SSSR count). The number of hydrogen-bond acceptors (Lipinski definition) is 2. The quantitative estimate of drug-likeness (QED) is 0.922. The van der Waals surface area contributed by atoms with Crippen LogP contribution in [0.15, 0.2) is 24.3 Å². The number of alkyl halides is 3. The molecule has 0 atom stereocenters. The topological polar surface area (TPSA) is 46.5 Å². The molecular weight excluding hydrogens is 273 g/mol. The van der Waals surface area contributed by atoms with Crippen molar-refractivity contribution in [1.82, 2.24) is 0 Å². The Balaban J connectivity index is 1.90. The van der Waals surface area contributed by atoms with Crippen molar-refractivity contribution in [3.05, 3.63) is 29.8 Å². The van der Waals surface area contributed by atoms with Crippen molar-refractivity contribution < 1.29 is 27.8 Å². The van der Waals surface area contributed by atoms with Gasteiger partial charge in [-0.05, 0) is 49.9 Å². The minimum atomic E-state index is -4.35. The third kappa shape index (κ3) is 3.65. The second-order valence-corrected chi connectivity index (χ2v) is 4.95. The highest BCUT2D eigenvalue weighted by atomic mass is 19.4. The lowest BCUT2D eigenvalue weighted by molar-refractivity contribution is -0.143. The van der Waals surface area contributed by atoms with Crippen LogP contribution < -0.4 is 4.74 Å². The summed E-state index contributed by atoms with van der Waals surface area (Å²) in [5.41, 5.74) is -0.709. The second kappa shape index (κ2) is 5.73. The number of ether oxygens (including phenoxy) is 1. The molecule has 1 saturated carbocycles. The first kappa shape index (κ1) is 14.7. The van der Waals surface area contributed by atoms with Gasteiger partial charge >= 0.3 is 12.1 Å². The van der Waals surface area contributed by atoms with Crippen LogP contribution in [-0.4, -0.2) is 17.2 Å². The van der Waals surface area contributed by atoms with Crippen LogP contribution in [0.3, 0.4) is 0 Å². The van der Waals surface area contributed by atoms with E-state index in [1.54, 1.807) is 0 Å². The monoisotopic (exact) mass is 288 g/mol. The van der Waals surface area contributed by atoms with Crippen molar-refractivity contribution in [3.8, 4) is 5.75 Å². The van der Waals surface area contributed by atoms with E-state index in [4.69, 9.17) is 9.84 Å². The molecule has 0 unspecified atom stereocenters. The van der Waals surface area contributed by atoms with Crippen molar-refractivity contribution >= 4 is 5.97 Å². The molecule has 0 spiro atoms. The Morgan fingerprint density at radius 3 is 2.10 bits per heavy atom. The van der Waals surface area contributed by atoms with Gasteiger partial charge in [-0.1, -0.05) is 0 Å². The summed E-state index contributed by atoms with van der Waals surface area (Å²) in [5.74, 6) is -0.739. The van der Waals surface area contributed by atoms with Gasteiger partial charge in [0.05, 0.1) is 17.6 Å². The van der Waals surface area contributed by atoms with E-state index in [1.165, 1.54) is 12.1 Å². The SMILES string of the molecule is O=C(O)[C@H]1CC[C@H](Oc2ccc(C(F)(F)F)cc2)CC1.